The Morgan fingerprint density at radius 3 is 2.80 bits per heavy atom. The summed E-state index contributed by atoms with van der Waals surface area (Å²) in [6.45, 7) is 0. The summed E-state index contributed by atoms with van der Waals surface area (Å²) in [5.74, 6) is -2.03. The van der Waals surface area contributed by atoms with Crippen molar-refractivity contribution in [2.75, 3.05) is 0 Å². The molecule has 5 nitrogen and oxygen atoms in total. The van der Waals surface area contributed by atoms with E-state index in [2.05, 4.69) is 15.5 Å². The van der Waals surface area contributed by atoms with Crippen LogP contribution >= 0.6 is 23.5 Å². The van der Waals surface area contributed by atoms with Crippen LogP contribution in [0.25, 0.3) is 0 Å². The number of halogens is 2. The zero-order valence-electron chi connectivity index (χ0n) is 12.8. The van der Waals surface area contributed by atoms with Crippen LogP contribution in [0.5, 0.6) is 0 Å². The van der Waals surface area contributed by atoms with Crippen LogP contribution in [0.3, 0.4) is 0 Å². The Bertz CT molecular complexity index is 777. The van der Waals surface area contributed by atoms with E-state index in [0.29, 0.717) is 34.0 Å². The SMILES string of the molecule is O=C1N/C(=N/N=C/c2ccco2)SC1Cc1ccc(SC(F)F)cc1. The average Bonchev–Trinajstić information content (AvgIpc) is 3.19. The van der Waals surface area contributed by atoms with Crippen molar-refractivity contribution in [3.8, 4) is 0 Å². The fourth-order valence-corrected chi connectivity index (χ4v) is 3.57. The van der Waals surface area contributed by atoms with Crippen molar-refractivity contribution in [1.29, 1.82) is 0 Å². The van der Waals surface area contributed by atoms with Crippen LogP contribution < -0.4 is 5.32 Å². The third-order valence-corrected chi connectivity index (χ3v) is 5.02. The Morgan fingerprint density at radius 2 is 2.12 bits per heavy atom. The highest BCUT2D eigenvalue weighted by molar-refractivity contribution is 8.15. The standard InChI is InChI=1S/C16H13F2N3O2S2/c17-15(18)24-12-5-3-10(4-6-12)8-13-14(22)20-16(25-13)21-19-9-11-2-1-7-23-11/h1-7,9,13,15H,8H2,(H,20,21,22)/b19-9+. The maximum absolute atomic E-state index is 12.3. The van der Waals surface area contributed by atoms with E-state index in [1.54, 1.807) is 36.4 Å². The summed E-state index contributed by atoms with van der Waals surface area (Å²) in [5.41, 5.74) is 0.895. The Labute approximate surface area is 151 Å². The second-order valence-corrected chi connectivity index (χ2v) is 7.24. The third kappa shape index (κ3) is 5.17. The molecule has 0 saturated carbocycles. The monoisotopic (exact) mass is 381 g/mol. The molecule has 1 atom stereocenters. The van der Waals surface area contributed by atoms with Gasteiger partial charge in [0.25, 0.3) is 5.76 Å². The van der Waals surface area contributed by atoms with Crippen LogP contribution in [0.1, 0.15) is 11.3 Å². The van der Waals surface area contributed by atoms with Gasteiger partial charge in [0.1, 0.15) is 5.76 Å². The molecule has 0 bridgehead atoms. The van der Waals surface area contributed by atoms with E-state index in [9.17, 15) is 13.6 Å². The number of nitrogens with one attached hydrogen (secondary N) is 1. The van der Waals surface area contributed by atoms with Crippen molar-refractivity contribution in [3.05, 3.63) is 54.0 Å². The van der Waals surface area contributed by atoms with Gasteiger partial charge in [-0.3, -0.25) is 4.79 Å². The zero-order valence-corrected chi connectivity index (χ0v) is 14.4. The molecule has 0 radical (unpaired) electrons. The fraction of sp³-hybridized carbons (Fsp3) is 0.188. The summed E-state index contributed by atoms with van der Waals surface area (Å²) in [7, 11) is 0. The molecule has 2 heterocycles. The van der Waals surface area contributed by atoms with Gasteiger partial charge in [-0.2, -0.15) is 13.9 Å². The number of hydrogen-bond donors (Lipinski definition) is 1. The molecule has 1 aromatic carbocycles. The molecule has 3 rings (SSSR count). The molecular weight excluding hydrogens is 368 g/mol. The van der Waals surface area contributed by atoms with Crippen molar-refractivity contribution >= 4 is 40.8 Å². The van der Waals surface area contributed by atoms with Crippen LogP contribution in [0.2, 0.25) is 0 Å². The van der Waals surface area contributed by atoms with Crippen LogP contribution in [-0.2, 0) is 11.2 Å². The fourth-order valence-electron chi connectivity index (χ4n) is 2.11. The minimum Gasteiger partial charge on any atom is -0.463 e. The van der Waals surface area contributed by atoms with Crippen LogP contribution in [-0.4, -0.2) is 28.3 Å². The maximum atomic E-state index is 12.3. The molecule has 2 aromatic rings. The second-order valence-electron chi connectivity index (χ2n) is 4.99. The first kappa shape index (κ1) is 17.7. The van der Waals surface area contributed by atoms with Crippen LogP contribution in [0.15, 0.2) is 62.2 Å². The third-order valence-electron chi connectivity index (χ3n) is 3.22. The quantitative estimate of drug-likeness (QED) is 0.470. The zero-order chi connectivity index (χ0) is 17.6. The predicted molar refractivity (Wildman–Crippen MR) is 95.3 cm³/mol. The first-order chi connectivity index (χ1) is 12.1. The summed E-state index contributed by atoms with van der Waals surface area (Å²) < 4.78 is 29.7. The lowest BCUT2D eigenvalue weighted by molar-refractivity contribution is -0.118. The van der Waals surface area contributed by atoms with Gasteiger partial charge in [-0.1, -0.05) is 35.7 Å². The summed E-state index contributed by atoms with van der Waals surface area (Å²) in [6.07, 6.45) is 3.46. The highest BCUT2D eigenvalue weighted by Gasteiger charge is 2.30. The molecule has 1 aliphatic rings. The van der Waals surface area contributed by atoms with Gasteiger partial charge in [0, 0.05) is 4.90 Å². The molecule has 1 unspecified atom stereocenters. The molecular formula is C16H13F2N3O2S2. The van der Waals surface area contributed by atoms with Gasteiger partial charge in [-0.05, 0) is 36.2 Å². The first-order valence-corrected chi connectivity index (χ1v) is 9.02. The lowest BCUT2D eigenvalue weighted by Crippen LogP contribution is -2.25. The number of alkyl halides is 2. The van der Waals surface area contributed by atoms with E-state index in [0.717, 1.165) is 5.56 Å². The molecule has 9 heteroatoms. The van der Waals surface area contributed by atoms with Crippen molar-refractivity contribution in [2.45, 2.75) is 22.3 Å². The molecule has 0 spiro atoms. The van der Waals surface area contributed by atoms with Crippen molar-refractivity contribution in [2.24, 2.45) is 10.2 Å². The number of benzene rings is 1. The number of rotatable bonds is 6. The Balaban J connectivity index is 1.57. The number of carbonyl (C=O) groups excluding carboxylic acids is 1. The van der Waals surface area contributed by atoms with E-state index in [1.807, 2.05) is 0 Å². The largest absolute Gasteiger partial charge is 0.463 e. The summed E-state index contributed by atoms with van der Waals surface area (Å²) in [4.78, 5) is 12.5. The van der Waals surface area contributed by atoms with Crippen molar-refractivity contribution < 1.29 is 18.0 Å². The Kier molecular flexibility index (Phi) is 5.87. The van der Waals surface area contributed by atoms with Gasteiger partial charge in [-0.25, -0.2) is 0 Å². The van der Waals surface area contributed by atoms with Gasteiger partial charge >= 0.3 is 0 Å². The normalized spacial score (nSPS) is 19.2. The first-order valence-electron chi connectivity index (χ1n) is 7.26. The average molecular weight is 381 g/mol. The van der Waals surface area contributed by atoms with Gasteiger partial charge in [0.2, 0.25) is 5.91 Å². The molecule has 1 N–H and O–H groups in total. The Morgan fingerprint density at radius 1 is 1.32 bits per heavy atom. The molecule has 25 heavy (non-hydrogen) atoms. The van der Waals surface area contributed by atoms with E-state index in [-0.39, 0.29) is 11.2 Å². The van der Waals surface area contributed by atoms with Gasteiger partial charge < -0.3 is 9.73 Å². The van der Waals surface area contributed by atoms with E-state index < -0.39 is 5.76 Å². The number of thioether (sulfide) groups is 2. The van der Waals surface area contributed by atoms with E-state index in [1.165, 1.54) is 24.2 Å². The molecule has 1 fully saturated rings. The number of furan rings is 1. The second kappa shape index (κ2) is 8.30. The Hall–Kier alpha value is -2.13. The van der Waals surface area contributed by atoms with Gasteiger partial charge in [0.05, 0.1) is 17.7 Å². The molecule has 0 aliphatic carbocycles. The topological polar surface area (TPSA) is 67.0 Å². The number of nitrogens with zero attached hydrogens (tertiary/aromatic N) is 2. The smallest absolute Gasteiger partial charge is 0.288 e. The van der Waals surface area contributed by atoms with Crippen molar-refractivity contribution in [3.63, 3.8) is 0 Å². The van der Waals surface area contributed by atoms with E-state index in [4.69, 9.17) is 4.42 Å². The van der Waals surface area contributed by atoms with Gasteiger partial charge in [0.15, 0.2) is 5.17 Å². The lowest BCUT2D eigenvalue weighted by atomic mass is 10.1. The maximum Gasteiger partial charge on any atom is 0.288 e. The minimum atomic E-state index is -2.44. The lowest BCUT2D eigenvalue weighted by Gasteiger charge is -2.06. The molecule has 1 amide bonds. The number of carbonyl (C=O) groups is 1. The van der Waals surface area contributed by atoms with Crippen molar-refractivity contribution in [1.82, 2.24) is 5.32 Å². The number of hydrogen-bond acceptors (Lipinski definition) is 6. The molecule has 130 valence electrons. The van der Waals surface area contributed by atoms with E-state index >= 15 is 0 Å². The summed E-state index contributed by atoms with van der Waals surface area (Å²) in [5, 5.41) is 10.6. The molecule has 1 saturated heterocycles. The predicted octanol–water partition coefficient (Wildman–Crippen LogP) is 3.76. The van der Waals surface area contributed by atoms with Crippen LogP contribution in [0.4, 0.5) is 8.78 Å². The van der Waals surface area contributed by atoms with Crippen LogP contribution in [0, 0.1) is 0 Å². The number of amides is 1. The summed E-state index contributed by atoms with van der Waals surface area (Å²) >= 11 is 1.78. The minimum absolute atomic E-state index is 0.150. The highest BCUT2D eigenvalue weighted by Crippen LogP contribution is 2.27. The number of amidine groups is 1. The highest BCUT2D eigenvalue weighted by atomic mass is 32.2. The molecule has 1 aliphatic heterocycles. The summed E-state index contributed by atoms with van der Waals surface area (Å²) in [6, 6.07) is 10.2. The molecule has 1 aromatic heterocycles. The van der Waals surface area contributed by atoms with Gasteiger partial charge in [-0.15, -0.1) is 5.10 Å².